The van der Waals surface area contributed by atoms with Gasteiger partial charge in [-0.25, -0.2) is 13.1 Å². The predicted octanol–water partition coefficient (Wildman–Crippen LogP) is 1.86. The van der Waals surface area contributed by atoms with Crippen LogP contribution in [0.1, 0.15) is 24.2 Å². The highest BCUT2D eigenvalue weighted by Gasteiger charge is 2.20. The fourth-order valence-corrected chi connectivity index (χ4v) is 4.00. The van der Waals surface area contributed by atoms with Crippen LogP contribution >= 0.6 is 23.4 Å². The predicted molar refractivity (Wildman–Crippen MR) is 89.1 cm³/mol. The summed E-state index contributed by atoms with van der Waals surface area (Å²) in [6, 6.07) is 3.78. The zero-order valence-corrected chi connectivity index (χ0v) is 14.5. The smallest absolute Gasteiger partial charge is 0.258 e. The van der Waals surface area contributed by atoms with E-state index in [1.807, 2.05) is 0 Å². The van der Waals surface area contributed by atoms with Crippen molar-refractivity contribution in [3.63, 3.8) is 0 Å². The van der Waals surface area contributed by atoms with Crippen molar-refractivity contribution in [2.45, 2.75) is 24.8 Å². The maximum atomic E-state index is 12.2. The summed E-state index contributed by atoms with van der Waals surface area (Å²) in [5.74, 6) is 0.343. The van der Waals surface area contributed by atoms with Crippen molar-refractivity contribution in [1.82, 2.24) is 10.0 Å². The van der Waals surface area contributed by atoms with E-state index < -0.39 is 15.9 Å². The van der Waals surface area contributed by atoms with E-state index in [2.05, 4.69) is 15.0 Å². The monoisotopic (exact) mass is 361 g/mol. The molecule has 2 rings (SSSR count). The molecule has 0 radical (unpaired) electrons. The Morgan fingerprint density at radius 1 is 1.41 bits per heavy atom. The van der Waals surface area contributed by atoms with Crippen molar-refractivity contribution in [2.24, 2.45) is 4.99 Å². The Labute approximate surface area is 138 Å². The zero-order chi connectivity index (χ0) is 16.3. The first-order valence-corrected chi connectivity index (χ1v) is 9.45. The van der Waals surface area contributed by atoms with E-state index >= 15 is 0 Å². The van der Waals surface area contributed by atoms with Crippen LogP contribution in [0.2, 0.25) is 5.02 Å². The molecule has 0 aliphatic carbocycles. The van der Waals surface area contributed by atoms with E-state index in [1.54, 1.807) is 13.8 Å². The lowest BCUT2D eigenvalue weighted by molar-refractivity contribution is 0.0978. The normalized spacial score (nSPS) is 15.0. The van der Waals surface area contributed by atoms with Gasteiger partial charge in [0.2, 0.25) is 10.0 Å². The Morgan fingerprint density at radius 2 is 2.14 bits per heavy atom. The van der Waals surface area contributed by atoms with Gasteiger partial charge in [0.1, 0.15) is 0 Å². The number of sulfonamides is 1. The standard InChI is InChI=1S/C13H16ClN3O3S2/c1-8(2)17-22(19,20)9-3-4-11(14)10(7-9)12(18)16-13-15-5-6-21-13/h3-4,7-8,17H,5-6H2,1-2H3,(H,15,16,18). The van der Waals surface area contributed by atoms with Crippen molar-refractivity contribution in [3.8, 4) is 0 Å². The molecule has 0 atom stereocenters. The lowest BCUT2D eigenvalue weighted by Crippen LogP contribution is -2.31. The Hall–Kier alpha value is -1.09. The average Bonchev–Trinajstić information content (AvgIpc) is 2.90. The molecule has 0 unspecified atom stereocenters. The molecule has 0 fully saturated rings. The van der Waals surface area contributed by atoms with Crippen LogP contribution < -0.4 is 10.0 Å². The van der Waals surface area contributed by atoms with Gasteiger partial charge in [-0.2, -0.15) is 0 Å². The average molecular weight is 362 g/mol. The molecule has 1 heterocycles. The van der Waals surface area contributed by atoms with Crippen LogP contribution in [0.5, 0.6) is 0 Å². The van der Waals surface area contributed by atoms with Crippen LogP contribution in [0, 0.1) is 0 Å². The van der Waals surface area contributed by atoms with Gasteiger partial charge in [0.15, 0.2) is 5.17 Å². The highest BCUT2D eigenvalue weighted by molar-refractivity contribution is 8.14. The number of hydrogen-bond acceptors (Lipinski definition) is 5. The van der Waals surface area contributed by atoms with Gasteiger partial charge in [0.05, 0.1) is 22.0 Å². The highest BCUT2D eigenvalue weighted by atomic mass is 35.5. The number of rotatable bonds is 4. The van der Waals surface area contributed by atoms with Gasteiger partial charge >= 0.3 is 0 Å². The fourth-order valence-electron chi connectivity index (χ4n) is 1.80. The molecule has 0 saturated heterocycles. The second kappa shape index (κ2) is 6.99. The van der Waals surface area contributed by atoms with E-state index in [-0.39, 0.29) is 21.5 Å². The van der Waals surface area contributed by atoms with E-state index in [0.29, 0.717) is 11.7 Å². The Kier molecular flexibility index (Phi) is 5.49. The van der Waals surface area contributed by atoms with Crippen molar-refractivity contribution in [1.29, 1.82) is 0 Å². The van der Waals surface area contributed by atoms with Gasteiger partial charge in [0.25, 0.3) is 5.91 Å². The van der Waals surface area contributed by atoms with Crippen LogP contribution in [-0.2, 0) is 10.0 Å². The molecule has 0 spiro atoms. The molecule has 0 bridgehead atoms. The molecule has 120 valence electrons. The van der Waals surface area contributed by atoms with Crippen LogP contribution in [0.3, 0.4) is 0 Å². The lowest BCUT2D eigenvalue weighted by atomic mass is 10.2. The first-order chi connectivity index (χ1) is 10.3. The lowest BCUT2D eigenvalue weighted by Gasteiger charge is -2.11. The van der Waals surface area contributed by atoms with Crippen LogP contribution in [0.15, 0.2) is 28.1 Å². The summed E-state index contributed by atoms with van der Waals surface area (Å²) in [6.45, 7) is 4.09. The number of halogens is 1. The molecule has 1 aromatic rings. The Bertz CT molecular complexity index is 717. The van der Waals surface area contributed by atoms with Gasteiger partial charge < -0.3 is 5.32 Å². The van der Waals surface area contributed by atoms with Crippen molar-refractivity contribution >= 4 is 44.5 Å². The van der Waals surface area contributed by atoms with Gasteiger partial charge in [-0.05, 0) is 32.0 Å². The summed E-state index contributed by atoms with van der Waals surface area (Å²) in [4.78, 5) is 16.3. The number of amides is 1. The molecule has 1 amide bonds. The number of carbonyl (C=O) groups is 1. The number of aliphatic imine (C=N–C) groups is 1. The van der Waals surface area contributed by atoms with E-state index in [9.17, 15) is 13.2 Å². The molecular weight excluding hydrogens is 346 g/mol. The number of nitrogens with zero attached hydrogens (tertiary/aromatic N) is 1. The van der Waals surface area contributed by atoms with E-state index in [1.165, 1.54) is 30.0 Å². The third-order valence-corrected chi connectivity index (χ3v) is 5.57. The van der Waals surface area contributed by atoms with Crippen molar-refractivity contribution in [3.05, 3.63) is 28.8 Å². The molecule has 0 saturated carbocycles. The molecule has 1 aliphatic heterocycles. The molecular formula is C13H16ClN3O3S2. The number of nitrogens with one attached hydrogen (secondary N) is 2. The van der Waals surface area contributed by atoms with Crippen molar-refractivity contribution in [2.75, 3.05) is 12.3 Å². The molecule has 1 aromatic carbocycles. The topological polar surface area (TPSA) is 87.6 Å². The zero-order valence-electron chi connectivity index (χ0n) is 12.1. The number of benzene rings is 1. The number of thioether (sulfide) groups is 1. The van der Waals surface area contributed by atoms with Crippen LogP contribution in [0.4, 0.5) is 0 Å². The first kappa shape index (κ1) is 17.3. The van der Waals surface area contributed by atoms with E-state index in [0.717, 1.165) is 5.75 Å². The van der Waals surface area contributed by atoms with Gasteiger partial charge in [-0.1, -0.05) is 23.4 Å². The minimum absolute atomic E-state index is 0.00300. The van der Waals surface area contributed by atoms with Crippen LogP contribution in [0.25, 0.3) is 0 Å². The molecule has 1 aliphatic rings. The fraction of sp³-hybridized carbons (Fsp3) is 0.385. The molecule has 22 heavy (non-hydrogen) atoms. The van der Waals surface area contributed by atoms with Gasteiger partial charge in [0, 0.05) is 11.8 Å². The Morgan fingerprint density at radius 3 is 2.73 bits per heavy atom. The summed E-state index contributed by atoms with van der Waals surface area (Å²) in [7, 11) is -3.68. The summed E-state index contributed by atoms with van der Waals surface area (Å²) in [5.41, 5.74) is 0.100. The molecule has 2 N–H and O–H groups in total. The largest absolute Gasteiger partial charge is 0.301 e. The second-order valence-corrected chi connectivity index (χ2v) is 8.11. The number of carbonyl (C=O) groups excluding carboxylic acids is 1. The third kappa shape index (κ3) is 4.22. The SMILES string of the molecule is CC(C)NS(=O)(=O)c1ccc(Cl)c(C(=O)NC2=NCCS2)c1. The van der Waals surface area contributed by atoms with E-state index in [4.69, 9.17) is 11.6 Å². The summed E-state index contributed by atoms with van der Waals surface area (Å²) < 4.78 is 26.8. The molecule has 9 heteroatoms. The van der Waals surface area contributed by atoms with Gasteiger partial charge in [-0.3, -0.25) is 9.79 Å². The maximum Gasteiger partial charge on any atom is 0.258 e. The van der Waals surface area contributed by atoms with Crippen molar-refractivity contribution < 1.29 is 13.2 Å². The first-order valence-electron chi connectivity index (χ1n) is 6.60. The summed E-state index contributed by atoms with van der Waals surface area (Å²) >= 11 is 7.44. The highest BCUT2D eigenvalue weighted by Crippen LogP contribution is 2.21. The maximum absolute atomic E-state index is 12.2. The third-order valence-electron chi connectivity index (χ3n) is 2.69. The number of amidine groups is 1. The Balaban J connectivity index is 2.28. The quantitative estimate of drug-likeness (QED) is 0.856. The minimum atomic E-state index is -3.68. The number of hydrogen-bond donors (Lipinski definition) is 2. The van der Waals surface area contributed by atoms with Crippen LogP contribution in [-0.4, -0.2) is 37.8 Å². The minimum Gasteiger partial charge on any atom is -0.301 e. The second-order valence-electron chi connectivity index (χ2n) is 4.91. The summed E-state index contributed by atoms with van der Waals surface area (Å²) in [6.07, 6.45) is 0. The molecule has 0 aromatic heterocycles. The molecule has 6 nitrogen and oxygen atoms in total. The van der Waals surface area contributed by atoms with Gasteiger partial charge in [-0.15, -0.1) is 0 Å². The summed E-state index contributed by atoms with van der Waals surface area (Å²) in [5, 5.41) is 3.34.